The molecule has 2 rings (SSSR count). The molecule has 1 aliphatic heterocycles. The van der Waals surface area contributed by atoms with Crippen molar-refractivity contribution in [1.82, 2.24) is 10.2 Å². The molecule has 1 aromatic rings. The molecule has 3 nitrogen and oxygen atoms in total. The van der Waals surface area contributed by atoms with Crippen LogP contribution in [0.3, 0.4) is 0 Å². The third-order valence-electron chi connectivity index (χ3n) is 3.64. The summed E-state index contributed by atoms with van der Waals surface area (Å²) in [7, 11) is 1.86. The molecule has 1 N–H and O–H groups in total. The van der Waals surface area contributed by atoms with E-state index in [9.17, 15) is 4.39 Å². The van der Waals surface area contributed by atoms with E-state index in [0.717, 1.165) is 32.7 Å². The van der Waals surface area contributed by atoms with E-state index < -0.39 is 0 Å². The minimum Gasteiger partial charge on any atom is -0.374 e. The highest BCUT2D eigenvalue weighted by molar-refractivity contribution is 5.22. The van der Waals surface area contributed by atoms with E-state index in [2.05, 4.69) is 17.1 Å². The predicted molar refractivity (Wildman–Crippen MR) is 74.7 cm³/mol. The van der Waals surface area contributed by atoms with Crippen LogP contribution in [-0.4, -0.2) is 44.3 Å². The maximum atomic E-state index is 13.9. The van der Waals surface area contributed by atoms with Crippen molar-refractivity contribution < 1.29 is 9.13 Å². The first-order valence-corrected chi connectivity index (χ1v) is 7.02. The molecule has 1 saturated heterocycles. The van der Waals surface area contributed by atoms with Crippen LogP contribution in [0.2, 0.25) is 0 Å². The lowest BCUT2D eigenvalue weighted by molar-refractivity contribution is -0.0464. The van der Waals surface area contributed by atoms with E-state index in [1.165, 1.54) is 6.07 Å². The SMILES string of the molecule is CCCN1CCOC(C(NC)c2ccccc2F)C1. The summed E-state index contributed by atoms with van der Waals surface area (Å²) in [6.07, 6.45) is 1.14. The second-order valence-corrected chi connectivity index (χ2v) is 5.00. The van der Waals surface area contributed by atoms with Gasteiger partial charge in [-0.15, -0.1) is 0 Å². The van der Waals surface area contributed by atoms with Gasteiger partial charge in [-0.05, 0) is 26.1 Å². The molecule has 106 valence electrons. The average molecular weight is 266 g/mol. The summed E-state index contributed by atoms with van der Waals surface area (Å²) in [6.45, 7) is 5.80. The third kappa shape index (κ3) is 3.53. The highest BCUT2D eigenvalue weighted by Gasteiger charge is 2.29. The summed E-state index contributed by atoms with van der Waals surface area (Å²) >= 11 is 0. The first kappa shape index (κ1) is 14.4. The second kappa shape index (κ2) is 6.98. The van der Waals surface area contributed by atoms with Crippen LogP contribution in [-0.2, 0) is 4.74 Å². The number of halogens is 1. The molecule has 0 aliphatic carbocycles. The van der Waals surface area contributed by atoms with Crippen LogP contribution < -0.4 is 5.32 Å². The van der Waals surface area contributed by atoms with Gasteiger partial charge >= 0.3 is 0 Å². The van der Waals surface area contributed by atoms with Gasteiger partial charge in [0.1, 0.15) is 5.82 Å². The van der Waals surface area contributed by atoms with Gasteiger partial charge in [0.25, 0.3) is 0 Å². The molecule has 0 spiro atoms. The van der Waals surface area contributed by atoms with Crippen LogP contribution in [0, 0.1) is 5.82 Å². The third-order valence-corrected chi connectivity index (χ3v) is 3.64. The number of ether oxygens (including phenoxy) is 1. The molecule has 0 amide bonds. The van der Waals surface area contributed by atoms with Crippen molar-refractivity contribution in [3.8, 4) is 0 Å². The van der Waals surface area contributed by atoms with Crippen molar-refractivity contribution in [1.29, 1.82) is 0 Å². The monoisotopic (exact) mass is 266 g/mol. The van der Waals surface area contributed by atoms with Crippen LogP contribution in [0.1, 0.15) is 24.9 Å². The van der Waals surface area contributed by atoms with Gasteiger partial charge in [-0.25, -0.2) is 4.39 Å². The molecule has 0 aromatic heterocycles. The molecule has 2 atom stereocenters. The quantitative estimate of drug-likeness (QED) is 0.884. The standard InChI is InChI=1S/C15H23FN2O/c1-3-8-18-9-10-19-14(11-18)15(17-2)12-6-4-5-7-13(12)16/h4-7,14-15,17H,3,8-11H2,1-2H3. The fraction of sp³-hybridized carbons (Fsp3) is 0.600. The molecule has 0 bridgehead atoms. The molecule has 1 fully saturated rings. The predicted octanol–water partition coefficient (Wildman–Crippen LogP) is 2.20. The zero-order valence-corrected chi connectivity index (χ0v) is 11.7. The topological polar surface area (TPSA) is 24.5 Å². The molecule has 4 heteroatoms. The Morgan fingerprint density at radius 2 is 2.26 bits per heavy atom. The van der Waals surface area contributed by atoms with E-state index in [4.69, 9.17) is 4.74 Å². The molecular weight excluding hydrogens is 243 g/mol. The van der Waals surface area contributed by atoms with Gasteiger partial charge in [0.15, 0.2) is 0 Å². The number of hydrogen-bond acceptors (Lipinski definition) is 3. The van der Waals surface area contributed by atoms with Crippen LogP contribution in [0.15, 0.2) is 24.3 Å². The number of benzene rings is 1. The lowest BCUT2D eigenvalue weighted by Gasteiger charge is -2.37. The lowest BCUT2D eigenvalue weighted by atomic mass is 9.99. The molecule has 0 radical (unpaired) electrons. The highest BCUT2D eigenvalue weighted by Crippen LogP contribution is 2.24. The molecule has 1 aliphatic rings. The molecular formula is C15H23FN2O. The number of likely N-dealkylation sites (N-methyl/N-ethyl adjacent to an activating group) is 1. The maximum Gasteiger partial charge on any atom is 0.128 e. The van der Waals surface area contributed by atoms with E-state index in [1.54, 1.807) is 6.07 Å². The second-order valence-electron chi connectivity index (χ2n) is 5.00. The van der Waals surface area contributed by atoms with Gasteiger partial charge in [-0.1, -0.05) is 25.1 Å². The average Bonchev–Trinajstić information content (AvgIpc) is 2.43. The van der Waals surface area contributed by atoms with Gasteiger partial charge in [0, 0.05) is 18.7 Å². The Bertz CT molecular complexity index is 397. The van der Waals surface area contributed by atoms with Crippen molar-refractivity contribution in [2.75, 3.05) is 33.3 Å². The van der Waals surface area contributed by atoms with Gasteiger partial charge in [-0.3, -0.25) is 4.90 Å². The highest BCUT2D eigenvalue weighted by atomic mass is 19.1. The van der Waals surface area contributed by atoms with E-state index in [0.29, 0.717) is 5.56 Å². The molecule has 19 heavy (non-hydrogen) atoms. The van der Waals surface area contributed by atoms with Crippen molar-refractivity contribution >= 4 is 0 Å². The fourth-order valence-corrected chi connectivity index (χ4v) is 2.72. The number of hydrogen-bond donors (Lipinski definition) is 1. The van der Waals surface area contributed by atoms with Gasteiger partial charge in [-0.2, -0.15) is 0 Å². The van der Waals surface area contributed by atoms with Gasteiger partial charge in [0.2, 0.25) is 0 Å². The van der Waals surface area contributed by atoms with Crippen molar-refractivity contribution in [2.45, 2.75) is 25.5 Å². The first-order chi connectivity index (χ1) is 9.26. The number of morpholine rings is 1. The zero-order valence-electron chi connectivity index (χ0n) is 11.7. The van der Waals surface area contributed by atoms with Crippen LogP contribution in [0.4, 0.5) is 4.39 Å². The van der Waals surface area contributed by atoms with Crippen LogP contribution in [0.5, 0.6) is 0 Å². The number of nitrogens with zero attached hydrogens (tertiary/aromatic N) is 1. The summed E-state index contributed by atoms with van der Waals surface area (Å²) in [5.74, 6) is -0.168. The first-order valence-electron chi connectivity index (χ1n) is 7.02. The maximum absolute atomic E-state index is 13.9. The molecule has 2 unspecified atom stereocenters. The zero-order chi connectivity index (χ0) is 13.7. The van der Waals surface area contributed by atoms with Crippen LogP contribution in [0.25, 0.3) is 0 Å². The smallest absolute Gasteiger partial charge is 0.128 e. The van der Waals surface area contributed by atoms with Crippen molar-refractivity contribution in [3.05, 3.63) is 35.6 Å². The Balaban J connectivity index is 2.11. The molecule has 1 heterocycles. The Morgan fingerprint density at radius 1 is 1.47 bits per heavy atom. The Kier molecular flexibility index (Phi) is 5.31. The summed E-state index contributed by atoms with van der Waals surface area (Å²) in [6, 6.07) is 6.83. The fourth-order valence-electron chi connectivity index (χ4n) is 2.72. The lowest BCUT2D eigenvalue weighted by Crippen LogP contribution is -2.48. The Morgan fingerprint density at radius 3 is 2.95 bits per heavy atom. The molecule has 1 aromatic carbocycles. The summed E-state index contributed by atoms with van der Waals surface area (Å²) < 4.78 is 19.8. The minimum absolute atomic E-state index is 0.00204. The summed E-state index contributed by atoms with van der Waals surface area (Å²) in [5.41, 5.74) is 0.688. The number of nitrogens with one attached hydrogen (secondary N) is 1. The van der Waals surface area contributed by atoms with Gasteiger partial charge < -0.3 is 10.1 Å². The summed E-state index contributed by atoms with van der Waals surface area (Å²) in [5, 5.41) is 3.20. The normalized spacial score (nSPS) is 22.4. The largest absolute Gasteiger partial charge is 0.374 e. The van der Waals surface area contributed by atoms with Crippen molar-refractivity contribution in [3.63, 3.8) is 0 Å². The van der Waals surface area contributed by atoms with E-state index >= 15 is 0 Å². The van der Waals surface area contributed by atoms with Crippen LogP contribution >= 0.6 is 0 Å². The van der Waals surface area contributed by atoms with E-state index in [-0.39, 0.29) is 18.0 Å². The van der Waals surface area contributed by atoms with Gasteiger partial charge in [0.05, 0.1) is 18.8 Å². The Hall–Kier alpha value is -0.970. The summed E-state index contributed by atoms with van der Waals surface area (Å²) in [4.78, 5) is 2.39. The van der Waals surface area contributed by atoms with Crippen molar-refractivity contribution in [2.24, 2.45) is 0 Å². The molecule has 0 saturated carbocycles. The minimum atomic E-state index is -0.168. The van der Waals surface area contributed by atoms with E-state index in [1.807, 2.05) is 19.2 Å². The Labute approximate surface area is 114 Å². The number of rotatable bonds is 5.